The lowest BCUT2D eigenvalue weighted by atomic mass is 10.1. The number of fused-ring (bicyclic) bond motifs is 2. The smallest absolute Gasteiger partial charge is 0.163 e. The van der Waals surface area contributed by atoms with Crippen LogP contribution in [0.4, 0.5) is 5.82 Å². The van der Waals surface area contributed by atoms with Crippen LogP contribution in [0.15, 0.2) is 67.0 Å². The van der Waals surface area contributed by atoms with Crippen LogP contribution in [0.25, 0.3) is 22.3 Å². The Bertz CT molecular complexity index is 1160. The maximum absolute atomic E-state index is 5.73. The lowest BCUT2D eigenvalue weighted by Crippen LogP contribution is -2.16. The fourth-order valence-corrected chi connectivity index (χ4v) is 3.43. The van der Waals surface area contributed by atoms with E-state index < -0.39 is 0 Å². The molecular weight excluding hydrogens is 364 g/mol. The first-order chi connectivity index (χ1) is 14.3. The van der Waals surface area contributed by atoms with Crippen molar-refractivity contribution < 1.29 is 9.47 Å². The molecule has 29 heavy (non-hydrogen) atoms. The zero-order chi connectivity index (χ0) is 19.6. The van der Waals surface area contributed by atoms with Crippen LogP contribution in [0.3, 0.4) is 0 Å². The normalized spacial score (nSPS) is 13.8. The van der Waals surface area contributed by atoms with Crippen LogP contribution in [-0.2, 0) is 0 Å². The first-order valence-electron chi connectivity index (χ1n) is 9.61. The second-order valence-electron chi connectivity index (χ2n) is 6.92. The number of aromatic nitrogens is 3. The number of anilines is 1. The molecule has 0 saturated heterocycles. The molecule has 1 aliphatic heterocycles. The van der Waals surface area contributed by atoms with Gasteiger partial charge < -0.3 is 14.8 Å². The second kappa shape index (κ2) is 7.39. The Kier molecular flexibility index (Phi) is 4.44. The maximum atomic E-state index is 5.73. The zero-order valence-electron chi connectivity index (χ0n) is 16.0. The van der Waals surface area contributed by atoms with Crippen molar-refractivity contribution in [2.45, 2.75) is 13.0 Å². The fraction of sp³-hybridized carbons (Fsp3) is 0.174. The molecule has 1 aliphatic rings. The maximum Gasteiger partial charge on any atom is 0.163 e. The number of pyridine rings is 1. The van der Waals surface area contributed by atoms with Gasteiger partial charge in [-0.25, -0.2) is 9.97 Å². The number of hydrogen-bond donors (Lipinski definition) is 1. The van der Waals surface area contributed by atoms with Crippen LogP contribution in [0.2, 0.25) is 0 Å². The van der Waals surface area contributed by atoms with Crippen molar-refractivity contribution in [2.75, 3.05) is 18.5 Å². The summed E-state index contributed by atoms with van der Waals surface area (Å²) in [5.41, 5.74) is 2.87. The molecule has 0 aliphatic carbocycles. The zero-order valence-corrected chi connectivity index (χ0v) is 16.0. The van der Waals surface area contributed by atoms with Crippen molar-refractivity contribution in [2.24, 2.45) is 0 Å². The summed E-state index contributed by atoms with van der Waals surface area (Å²) < 4.78 is 11.4. The molecule has 1 N–H and O–H groups in total. The van der Waals surface area contributed by atoms with Gasteiger partial charge in [0.15, 0.2) is 17.3 Å². The molecule has 1 atom stereocenters. The minimum atomic E-state index is 0.0193. The van der Waals surface area contributed by atoms with E-state index in [-0.39, 0.29) is 6.04 Å². The Morgan fingerprint density at radius 3 is 2.66 bits per heavy atom. The molecule has 6 nitrogen and oxygen atoms in total. The summed E-state index contributed by atoms with van der Waals surface area (Å²) in [6.45, 7) is 3.26. The molecule has 144 valence electrons. The molecule has 4 aromatic rings. The van der Waals surface area contributed by atoms with E-state index in [1.807, 2.05) is 48.5 Å². The fourth-order valence-electron chi connectivity index (χ4n) is 3.43. The molecule has 1 unspecified atom stereocenters. The van der Waals surface area contributed by atoms with Crippen molar-refractivity contribution in [3.8, 4) is 22.9 Å². The van der Waals surface area contributed by atoms with Gasteiger partial charge in [-0.3, -0.25) is 4.98 Å². The van der Waals surface area contributed by atoms with Crippen LogP contribution in [0.5, 0.6) is 11.5 Å². The minimum Gasteiger partial charge on any atom is -0.486 e. The Morgan fingerprint density at radius 2 is 1.79 bits per heavy atom. The van der Waals surface area contributed by atoms with Crippen LogP contribution in [0.1, 0.15) is 18.5 Å². The van der Waals surface area contributed by atoms with E-state index >= 15 is 0 Å². The number of hydrogen-bond acceptors (Lipinski definition) is 6. The Hall–Kier alpha value is -3.67. The van der Waals surface area contributed by atoms with Gasteiger partial charge in [0.25, 0.3) is 0 Å². The van der Waals surface area contributed by atoms with Gasteiger partial charge in [0.05, 0.1) is 11.6 Å². The van der Waals surface area contributed by atoms with Crippen molar-refractivity contribution in [3.63, 3.8) is 0 Å². The van der Waals surface area contributed by atoms with Gasteiger partial charge in [-0.15, -0.1) is 0 Å². The van der Waals surface area contributed by atoms with E-state index in [1.165, 1.54) is 0 Å². The van der Waals surface area contributed by atoms with E-state index in [4.69, 9.17) is 19.4 Å². The third-order valence-corrected chi connectivity index (χ3v) is 4.94. The standard InChI is InChI=1S/C23H20N4O2/c1-15(16-8-9-20-21(13-16)29-12-11-28-20)25-23-18-6-2-3-7-19(18)26-22(27-23)17-5-4-10-24-14-17/h2-10,13-15H,11-12H2,1H3,(H,25,26,27). The summed E-state index contributed by atoms with van der Waals surface area (Å²) in [6, 6.07) is 17.9. The van der Waals surface area contributed by atoms with Crippen LogP contribution in [0, 0.1) is 0 Å². The number of nitrogens with zero attached hydrogens (tertiary/aromatic N) is 3. The Balaban J connectivity index is 1.52. The van der Waals surface area contributed by atoms with Crippen molar-refractivity contribution >= 4 is 16.7 Å². The van der Waals surface area contributed by atoms with E-state index in [9.17, 15) is 0 Å². The van der Waals surface area contributed by atoms with E-state index in [0.29, 0.717) is 19.0 Å². The lowest BCUT2D eigenvalue weighted by molar-refractivity contribution is 0.171. The van der Waals surface area contributed by atoms with Gasteiger partial charge in [-0.1, -0.05) is 18.2 Å². The summed E-state index contributed by atoms with van der Waals surface area (Å²) in [6.07, 6.45) is 3.52. The molecule has 6 heteroatoms. The lowest BCUT2D eigenvalue weighted by Gasteiger charge is -2.22. The highest BCUT2D eigenvalue weighted by atomic mass is 16.6. The van der Waals surface area contributed by atoms with Crippen LogP contribution >= 0.6 is 0 Å². The quantitative estimate of drug-likeness (QED) is 0.553. The molecule has 0 bridgehead atoms. The van der Waals surface area contributed by atoms with Gasteiger partial charge in [0.1, 0.15) is 19.0 Å². The van der Waals surface area contributed by atoms with Crippen LogP contribution in [-0.4, -0.2) is 28.2 Å². The monoisotopic (exact) mass is 384 g/mol. The van der Waals surface area contributed by atoms with Gasteiger partial charge in [0.2, 0.25) is 0 Å². The number of ether oxygens (including phenoxy) is 2. The number of para-hydroxylation sites is 1. The number of nitrogens with one attached hydrogen (secondary N) is 1. The average Bonchev–Trinajstić information content (AvgIpc) is 2.79. The summed E-state index contributed by atoms with van der Waals surface area (Å²) in [5.74, 6) is 3.01. The Labute approximate surface area is 168 Å². The van der Waals surface area contributed by atoms with Crippen molar-refractivity contribution in [1.82, 2.24) is 15.0 Å². The number of rotatable bonds is 4. The van der Waals surface area contributed by atoms with Gasteiger partial charge in [-0.2, -0.15) is 0 Å². The predicted octanol–water partition coefficient (Wildman–Crippen LogP) is 4.64. The van der Waals surface area contributed by atoms with E-state index in [1.54, 1.807) is 12.4 Å². The van der Waals surface area contributed by atoms with Gasteiger partial charge >= 0.3 is 0 Å². The predicted molar refractivity (Wildman–Crippen MR) is 112 cm³/mol. The molecule has 0 spiro atoms. The highest BCUT2D eigenvalue weighted by Crippen LogP contribution is 2.34. The van der Waals surface area contributed by atoms with Crippen LogP contribution < -0.4 is 14.8 Å². The number of benzene rings is 2. The van der Waals surface area contributed by atoms with E-state index in [2.05, 4.69) is 23.3 Å². The molecule has 2 aromatic carbocycles. The summed E-state index contributed by atoms with van der Waals surface area (Å²) >= 11 is 0. The molecule has 0 fully saturated rings. The first-order valence-corrected chi connectivity index (χ1v) is 9.61. The molecule has 0 amide bonds. The SMILES string of the molecule is CC(Nc1nc(-c2cccnc2)nc2ccccc12)c1ccc2c(c1)OCCO2. The molecular formula is C23H20N4O2. The first kappa shape index (κ1) is 17.4. The summed E-state index contributed by atoms with van der Waals surface area (Å²) in [7, 11) is 0. The van der Waals surface area contributed by atoms with Crippen molar-refractivity contribution in [1.29, 1.82) is 0 Å². The molecule has 5 rings (SSSR count). The van der Waals surface area contributed by atoms with Gasteiger partial charge in [-0.05, 0) is 48.9 Å². The largest absolute Gasteiger partial charge is 0.486 e. The molecule has 3 heterocycles. The third-order valence-electron chi connectivity index (χ3n) is 4.94. The molecule has 0 saturated carbocycles. The minimum absolute atomic E-state index is 0.0193. The Morgan fingerprint density at radius 1 is 0.931 bits per heavy atom. The highest BCUT2D eigenvalue weighted by molar-refractivity contribution is 5.90. The third kappa shape index (κ3) is 3.45. The topological polar surface area (TPSA) is 69.2 Å². The highest BCUT2D eigenvalue weighted by Gasteiger charge is 2.16. The van der Waals surface area contributed by atoms with E-state index in [0.717, 1.165) is 39.3 Å². The molecule has 2 aromatic heterocycles. The van der Waals surface area contributed by atoms with Gasteiger partial charge in [0, 0.05) is 23.3 Å². The second-order valence-corrected chi connectivity index (χ2v) is 6.92. The average molecular weight is 384 g/mol. The summed E-state index contributed by atoms with van der Waals surface area (Å²) in [5, 5.41) is 4.53. The molecule has 0 radical (unpaired) electrons. The van der Waals surface area contributed by atoms with Crippen molar-refractivity contribution in [3.05, 3.63) is 72.6 Å². The summed E-state index contributed by atoms with van der Waals surface area (Å²) in [4.78, 5) is 13.7.